The van der Waals surface area contributed by atoms with Crippen molar-refractivity contribution in [2.45, 2.75) is 20.0 Å². The van der Waals surface area contributed by atoms with E-state index in [1.807, 2.05) is 12.1 Å². The third-order valence-corrected chi connectivity index (χ3v) is 3.97. The summed E-state index contributed by atoms with van der Waals surface area (Å²) in [6.07, 6.45) is 1.66. The van der Waals surface area contributed by atoms with Crippen LogP contribution in [0.5, 0.6) is 0 Å². The molecular weight excluding hydrogens is 337 g/mol. The zero-order valence-corrected chi connectivity index (χ0v) is 14.6. The van der Waals surface area contributed by atoms with Crippen LogP contribution in [0.1, 0.15) is 16.7 Å². The highest BCUT2D eigenvalue weighted by Gasteiger charge is 2.05. The predicted molar refractivity (Wildman–Crippen MR) is 99.8 cm³/mol. The number of halogens is 1. The summed E-state index contributed by atoms with van der Waals surface area (Å²) in [6.45, 7) is 3.22. The number of aryl methyl sites for hydroxylation is 1. The molecule has 2 N–H and O–H groups in total. The number of benzene rings is 2. The summed E-state index contributed by atoms with van der Waals surface area (Å²) in [5.41, 5.74) is 3.34. The fraction of sp³-hybridized carbons (Fsp3) is 0.167. The number of rotatable bonds is 5. The number of anilines is 1. The molecule has 1 heterocycles. The minimum absolute atomic E-state index is 0.257. The maximum Gasteiger partial charge on any atom is 0.248 e. The average molecular weight is 355 g/mol. The highest BCUT2D eigenvalue weighted by molar-refractivity contribution is 7.80. The molecule has 0 saturated heterocycles. The first kappa shape index (κ1) is 17.0. The molecule has 0 atom stereocenters. The second-order valence-electron chi connectivity index (χ2n) is 5.63. The lowest BCUT2D eigenvalue weighted by atomic mass is 10.1. The standard InChI is InChI=1S/C18H18FN5S/c1-13-4-2-3-5-15(13)11-24-12-21-17(23-24)22-18(25)20-10-14-6-8-16(19)9-7-14/h2-9,12H,10-11H2,1H3,(H2,20,22,23,25). The average Bonchev–Trinajstić information content (AvgIpc) is 3.03. The van der Waals surface area contributed by atoms with Gasteiger partial charge in [0.25, 0.3) is 0 Å². The molecule has 0 radical (unpaired) electrons. The number of thiocarbonyl (C=S) groups is 1. The maximum atomic E-state index is 12.9. The fourth-order valence-electron chi connectivity index (χ4n) is 2.32. The van der Waals surface area contributed by atoms with E-state index in [0.717, 1.165) is 5.56 Å². The Morgan fingerprint density at radius 2 is 1.92 bits per heavy atom. The van der Waals surface area contributed by atoms with E-state index in [2.05, 4.69) is 39.8 Å². The van der Waals surface area contributed by atoms with Crippen LogP contribution in [0.25, 0.3) is 0 Å². The Kier molecular flexibility index (Phi) is 5.35. The Balaban J connectivity index is 1.53. The molecule has 7 heteroatoms. The summed E-state index contributed by atoms with van der Waals surface area (Å²) in [5, 5.41) is 10.8. The highest BCUT2D eigenvalue weighted by Crippen LogP contribution is 2.09. The molecule has 0 amide bonds. The predicted octanol–water partition coefficient (Wildman–Crippen LogP) is 3.26. The van der Waals surface area contributed by atoms with E-state index in [-0.39, 0.29) is 5.82 Å². The van der Waals surface area contributed by atoms with E-state index >= 15 is 0 Å². The second-order valence-corrected chi connectivity index (χ2v) is 6.03. The fourth-order valence-corrected chi connectivity index (χ4v) is 2.48. The van der Waals surface area contributed by atoms with Crippen molar-refractivity contribution in [3.8, 4) is 0 Å². The van der Waals surface area contributed by atoms with Crippen molar-refractivity contribution < 1.29 is 4.39 Å². The first-order valence-electron chi connectivity index (χ1n) is 7.83. The molecule has 1 aromatic heterocycles. The van der Waals surface area contributed by atoms with Crippen LogP contribution in [0.2, 0.25) is 0 Å². The zero-order valence-electron chi connectivity index (χ0n) is 13.7. The van der Waals surface area contributed by atoms with E-state index in [0.29, 0.717) is 24.2 Å². The Hall–Kier alpha value is -2.80. The minimum atomic E-state index is -0.257. The quantitative estimate of drug-likeness (QED) is 0.688. The van der Waals surface area contributed by atoms with Crippen LogP contribution >= 0.6 is 12.2 Å². The van der Waals surface area contributed by atoms with Crippen molar-refractivity contribution in [3.63, 3.8) is 0 Å². The molecular formula is C18H18FN5S. The largest absolute Gasteiger partial charge is 0.358 e. The van der Waals surface area contributed by atoms with Gasteiger partial charge in [-0.2, -0.15) is 0 Å². The number of hydrogen-bond donors (Lipinski definition) is 2. The van der Waals surface area contributed by atoms with Gasteiger partial charge in [0.2, 0.25) is 5.95 Å². The van der Waals surface area contributed by atoms with E-state index in [1.54, 1.807) is 23.1 Å². The van der Waals surface area contributed by atoms with Crippen molar-refractivity contribution in [1.82, 2.24) is 20.1 Å². The molecule has 3 aromatic rings. The van der Waals surface area contributed by atoms with Gasteiger partial charge in [-0.15, -0.1) is 5.10 Å². The molecule has 0 saturated carbocycles. The van der Waals surface area contributed by atoms with Crippen molar-refractivity contribution in [2.75, 3.05) is 5.32 Å². The molecule has 0 unspecified atom stereocenters. The van der Waals surface area contributed by atoms with Crippen LogP contribution in [0.4, 0.5) is 10.3 Å². The highest BCUT2D eigenvalue weighted by atomic mass is 32.1. The molecule has 0 spiro atoms. The second kappa shape index (κ2) is 7.85. The Morgan fingerprint density at radius 1 is 1.16 bits per heavy atom. The van der Waals surface area contributed by atoms with Gasteiger partial charge in [0, 0.05) is 6.54 Å². The zero-order chi connectivity index (χ0) is 17.6. The normalized spacial score (nSPS) is 10.5. The van der Waals surface area contributed by atoms with Gasteiger partial charge in [-0.25, -0.2) is 14.1 Å². The van der Waals surface area contributed by atoms with Crippen LogP contribution in [0.15, 0.2) is 54.9 Å². The van der Waals surface area contributed by atoms with E-state index in [1.165, 1.54) is 23.3 Å². The van der Waals surface area contributed by atoms with Crippen LogP contribution in [-0.2, 0) is 13.1 Å². The van der Waals surface area contributed by atoms with Crippen molar-refractivity contribution in [1.29, 1.82) is 0 Å². The number of nitrogens with zero attached hydrogens (tertiary/aromatic N) is 3. The SMILES string of the molecule is Cc1ccccc1Cn1cnc(NC(=S)NCc2ccc(F)cc2)n1. The van der Waals surface area contributed by atoms with Crippen molar-refractivity contribution in [3.05, 3.63) is 77.4 Å². The lowest BCUT2D eigenvalue weighted by Gasteiger charge is -2.08. The van der Waals surface area contributed by atoms with Gasteiger partial charge in [0.15, 0.2) is 5.11 Å². The van der Waals surface area contributed by atoms with E-state index in [9.17, 15) is 4.39 Å². The number of nitrogens with one attached hydrogen (secondary N) is 2. The van der Waals surface area contributed by atoms with Gasteiger partial charge in [-0.05, 0) is 48.0 Å². The monoisotopic (exact) mass is 355 g/mol. The Morgan fingerprint density at radius 3 is 2.68 bits per heavy atom. The minimum Gasteiger partial charge on any atom is -0.358 e. The van der Waals surface area contributed by atoms with E-state index < -0.39 is 0 Å². The Labute approximate surface area is 150 Å². The summed E-state index contributed by atoms with van der Waals surface area (Å²) in [5.74, 6) is 0.179. The topological polar surface area (TPSA) is 54.8 Å². The summed E-state index contributed by atoms with van der Waals surface area (Å²) in [7, 11) is 0. The van der Waals surface area contributed by atoms with Gasteiger partial charge in [-0.3, -0.25) is 5.32 Å². The summed E-state index contributed by atoms with van der Waals surface area (Å²) >= 11 is 5.24. The molecule has 5 nitrogen and oxygen atoms in total. The molecule has 128 valence electrons. The van der Waals surface area contributed by atoms with Crippen LogP contribution in [0.3, 0.4) is 0 Å². The maximum absolute atomic E-state index is 12.9. The van der Waals surface area contributed by atoms with Gasteiger partial charge in [0.05, 0.1) is 6.54 Å². The molecule has 3 rings (SSSR count). The molecule has 0 fully saturated rings. The molecule has 2 aromatic carbocycles. The van der Waals surface area contributed by atoms with Crippen molar-refractivity contribution in [2.24, 2.45) is 0 Å². The van der Waals surface area contributed by atoms with Crippen LogP contribution in [-0.4, -0.2) is 19.9 Å². The summed E-state index contributed by atoms with van der Waals surface area (Å²) < 4.78 is 14.6. The first-order chi connectivity index (χ1) is 12.1. The Bertz CT molecular complexity index is 860. The summed E-state index contributed by atoms with van der Waals surface area (Å²) in [6, 6.07) is 14.4. The lowest BCUT2D eigenvalue weighted by molar-refractivity contribution is 0.627. The van der Waals surface area contributed by atoms with Gasteiger partial charge in [0.1, 0.15) is 12.1 Å². The molecule has 0 bridgehead atoms. The third kappa shape index (κ3) is 4.84. The van der Waals surface area contributed by atoms with Crippen LogP contribution in [0, 0.1) is 12.7 Å². The van der Waals surface area contributed by atoms with Crippen LogP contribution < -0.4 is 10.6 Å². The number of aromatic nitrogens is 3. The lowest BCUT2D eigenvalue weighted by Crippen LogP contribution is -2.28. The third-order valence-electron chi connectivity index (χ3n) is 3.72. The summed E-state index contributed by atoms with van der Waals surface area (Å²) in [4.78, 5) is 4.21. The number of hydrogen-bond acceptors (Lipinski definition) is 3. The molecule has 25 heavy (non-hydrogen) atoms. The first-order valence-corrected chi connectivity index (χ1v) is 8.24. The van der Waals surface area contributed by atoms with Gasteiger partial charge < -0.3 is 5.32 Å². The van der Waals surface area contributed by atoms with Crippen molar-refractivity contribution >= 4 is 23.3 Å². The molecule has 0 aliphatic rings. The molecule has 0 aliphatic carbocycles. The van der Waals surface area contributed by atoms with Gasteiger partial charge in [-0.1, -0.05) is 36.4 Å². The smallest absolute Gasteiger partial charge is 0.248 e. The van der Waals surface area contributed by atoms with E-state index in [4.69, 9.17) is 12.2 Å². The van der Waals surface area contributed by atoms with Gasteiger partial charge >= 0.3 is 0 Å². The molecule has 0 aliphatic heterocycles.